The SMILES string of the molecule is CCC(C)CNC(=O)c1ccc2c(c1)C(=O)c1ccccc1C2=O. The first-order valence-electron chi connectivity index (χ1n) is 8.13. The Morgan fingerprint density at radius 1 is 0.958 bits per heavy atom. The Balaban J connectivity index is 1.93. The summed E-state index contributed by atoms with van der Waals surface area (Å²) in [6, 6.07) is 11.5. The first-order valence-corrected chi connectivity index (χ1v) is 8.13. The van der Waals surface area contributed by atoms with Crippen LogP contribution in [-0.2, 0) is 0 Å². The molecule has 2 aromatic rings. The third-order valence-corrected chi connectivity index (χ3v) is 4.50. The van der Waals surface area contributed by atoms with Gasteiger partial charge in [0.1, 0.15) is 0 Å². The van der Waals surface area contributed by atoms with E-state index in [0.717, 1.165) is 6.42 Å². The number of fused-ring (bicyclic) bond motifs is 2. The Hall–Kier alpha value is -2.75. The van der Waals surface area contributed by atoms with E-state index in [1.165, 1.54) is 6.07 Å². The Morgan fingerprint density at radius 3 is 2.17 bits per heavy atom. The van der Waals surface area contributed by atoms with Crippen molar-refractivity contribution in [3.05, 3.63) is 70.3 Å². The topological polar surface area (TPSA) is 63.2 Å². The number of rotatable bonds is 4. The zero-order chi connectivity index (χ0) is 17.3. The maximum atomic E-state index is 12.7. The second kappa shape index (κ2) is 6.40. The Labute approximate surface area is 140 Å². The number of amides is 1. The van der Waals surface area contributed by atoms with E-state index in [-0.39, 0.29) is 17.5 Å². The molecule has 122 valence electrons. The highest BCUT2D eigenvalue weighted by atomic mass is 16.2. The summed E-state index contributed by atoms with van der Waals surface area (Å²) in [7, 11) is 0. The molecule has 3 rings (SSSR count). The molecular weight excluding hydrogens is 302 g/mol. The van der Waals surface area contributed by atoms with E-state index in [9.17, 15) is 14.4 Å². The van der Waals surface area contributed by atoms with Crippen LogP contribution in [0, 0.1) is 5.92 Å². The van der Waals surface area contributed by atoms with Crippen LogP contribution in [0.1, 0.15) is 62.5 Å². The molecule has 1 atom stereocenters. The van der Waals surface area contributed by atoms with Crippen molar-refractivity contribution in [1.29, 1.82) is 0 Å². The second-order valence-electron chi connectivity index (χ2n) is 6.19. The summed E-state index contributed by atoms with van der Waals surface area (Å²) in [5, 5.41) is 2.87. The van der Waals surface area contributed by atoms with Gasteiger partial charge in [-0.1, -0.05) is 44.5 Å². The molecule has 0 aromatic heterocycles. The molecule has 0 radical (unpaired) electrons. The number of nitrogens with one attached hydrogen (secondary N) is 1. The van der Waals surface area contributed by atoms with Gasteiger partial charge >= 0.3 is 0 Å². The molecule has 1 N–H and O–H groups in total. The van der Waals surface area contributed by atoms with E-state index in [1.54, 1.807) is 36.4 Å². The molecular formula is C20H19NO3. The van der Waals surface area contributed by atoms with Gasteiger partial charge in [0.2, 0.25) is 0 Å². The molecule has 0 spiro atoms. The monoisotopic (exact) mass is 321 g/mol. The van der Waals surface area contributed by atoms with Crippen molar-refractivity contribution in [3.63, 3.8) is 0 Å². The Bertz CT molecular complexity index is 839. The van der Waals surface area contributed by atoms with Crippen molar-refractivity contribution < 1.29 is 14.4 Å². The molecule has 0 bridgehead atoms. The predicted octanol–water partition coefficient (Wildman–Crippen LogP) is 3.24. The van der Waals surface area contributed by atoms with Crippen molar-refractivity contribution in [3.8, 4) is 0 Å². The van der Waals surface area contributed by atoms with E-state index >= 15 is 0 Å². The minimum absolute atomic E-state index is 0.174. The van der Waals surface area contributed by atoms with Crippen LogP contribution >= 0.6 is 0 Å². The zero-order valence-corrected chi connectivity index (χ0v) is 13.8. The standard InChI is InChI=1S/C20H19NO3/c1-3-12(2)11-21-20(24)13-8-9-16-17(10-13)19(23)15-7-5-4-6-14(15)18(16)22/h4-10,12H,3,11H2,1-2H3,(H,21,24). The van der Waals surface area contributed by atoms with Crippen molar-refractivity contribution in [2.45, 2.75) is 20.3 Å². The molecule has 1 unspecified atom stereocenters. The van der Waals surface area contributed by atoms with E-state index in [0.29, 0.717) is 40.3 Å². The summed E-state index contributed by atoms with van der Waals surface area (Å²) in [5.74, 6) is -0.220. The molecule has 0 fully saturated rings. The number of benzene rings is 2. The molecule has 4 heteroatoms. The smallest absolute Gasteiger partial charge is 0.251 e. The Morgan fingerprint density at radius 2 is 1.54 bits per heavy atom. The lowest BCUT2D eigenvalue weighted by atomic mass is 9.83. The first-order chi connectivity index (χ1) is 11.5. The fraction of sp³-hybridized carbons (Fsp3) is 0.250. The van der Waals surface area contributed by atoms with Crippen LogP contribution in [0.2, 0.25) is 0 Å². The molecule has 24 heavy (non-hydrogen) atoms. The lowest BCUT2D eigenvalue weighted by molar-refractivity contribution is 0.0945. The van der Waals surface area contributed by atoms with Gasteiger partial charge < -0.3 is 5.32 Å². The summed E-state index contributed by atoms with van der Waals surface area (Å²) in [4.78, 5) is 37.5. The predicted molar refractivity (Wildman–Crippen MR) is 91.5 cm³/mol. The van der Waals surface area contributed by atoms with Crippen LogP contribution in [0.25, 0.3) is 0 Å². The van der Waals surface area contributed by atoms with Gasteiger partial charge in [-0.2, -0.15) is 0 Å². The molecule has 0 aliphatic heterocycles. The largest absolute Gasteiger partial charge is 0.352 e. The van der Waals surface area contributed by atoms with Crippen LogP contribution in [0.5, 0.6) is 0 Å². The third kappa shape index (κ3) is 2.75. The van der Waals surface area contributed by atoms with Crippen molar-refractivity contribution in [2.75, 3.05) is 6.54 Å². The highest BCUT2D eigenvalue weighted by Crippen LogP contribution is 2.27. The van der Waals surface area contributed by atoms with Gasteiger partial charge in [-0.25, -0.2) is 0 Å². The van der Waals surface area contributed by atoms with E-state index < -0.39 is 0 Å². The lowest BCUT2D eigenvalue weighted by Crippen LogP contribution is -2.29. The maximum Gasteiger partial charge on any atom is 0.251 e. The van der Waals surface area contributed by atoms with Gasteiger partial charge in [0.15, 0.2) is 11.6 Å². The van der Waals surface area contributed by atoms with Crippen molar-refractivity contribution >= 4 is 17.5 Å². The average Bonchev–Trinajstić information content (AvgIpc) is 2.63. The van der Waals surface area contributed by atoms with Crippen LogP contribution in [0.3, 0.4) is 0 Å². The highest BCUT2D eigenvalue weighted by molar-refractivity contribution is 6.28. The molecule has 4 nitrogen and oxygen atoms in total. The minimum Gasteiger partial charge on any atom is -0.352 e. The summed E-state index contributed by atoms with van der Waals surface area (Å²) < 4.78 is 0. The second-order valence-corrected chi connectivity index (χ2v) is 6.19. The number of ketones is 2. The van der Waals surface area contributed by atoms with E-state index in [1.807, 2.05) is 0 Å². The average molecular weight is 321 g/mol. The number of carbonyl (C=O) groups is 3. The fourth-order valence-corrected chi connectivity index (χ4v) is 2.75. The molecule has 1 aliphatic carbocycles. The number of carbonyl (C=O) groups excluding carboxylic acids is 3. The number of hydrogen-bond acceptors (Lipinski definition) is 3. The minimum atomic E-state index is -0.225. The van der Waals surface area contributed by atoms with Gasteiger partial charge in [-0.05, 0) is 24.1 Å². The molecule has 0 heterocycles. The molecule has 0 saturated carbocycles. The van der Waals surface area contributed by atoms with Gasteiger partial charge in [0, 0.05) is 34.4 Å². The normalized spacial score (nSPS) is 13.9. The van der Waals surface area contributed by atoms with Gasteiger partial charge in [0.05, 0.1) is 0 Å². The van der Waals surface area contributed by atoms with Gasteiger partial charge in [0.25, 0.3) is 5.91 Å². The van der Waals surface area contributed by atoms with Crippen molar-refractivity contribution in [1.82, 2.24) is 5.32 Å². The van der Waals surface area contributed by atoms with E-state index in [2.05, 4.69) is 19.2 Å². The fourth-order valence-electron chi connectivity index (χ4n) is 2.75. The van der Waals surface area contributed by atoms with Crippen LogP contribution in [0.15, 0.2) is 42.5 Å². The third-order valence-electron chi connectivity index (χ3n) is 4.50. The van der Waals surface area contributed by atoms with Crippen LogP contribution < -0.4 is 5.32 Å². The highest BCUT2D eigenvalue weighted by Gasteiger charge is 2.29. The van der Waals surface area contributed by atoms with Gasteiger partial charge in [-0.15, -0.1) is 0 Å². The Kier molecular flexibility index (Phi) is 4.30. The number of hydrogen-bond donors (Lipinski definition) is 1. The zero-order valence-electron chi connectivity index (χ0n) is 13.8. The lowest BCUT2D eigenvalue weighted by Gasteiger charge is -2.18. The van der Waals surface area contributed by atoms with Gasteiger partial charge in [-0.3, -0.25) is 14.4 Å². The first kappa shape index (κ1) is 16.1. The van der Waals surface area contributed by atoms with Crippen LogP contribution in [-0.4, -0.2) is 24.0 Å². The quantitative estimate of drug-likeness (QED) is 0.802. The molecule has 1 amide bonds. The molecule has 1 aliphatic rings. The summed E-state index contributed by atoms with van der Waals surface area (Å²) >= 11 is 0. The van der Waals surface area contributed by atoms with Crippen LogP contribution in [0.4, 0.5) is 0 Å². The molecule has 0 saturated heterocycles. The van der Waals surface area contributed by atoms with Crippen molar-refractivity contribution in [2.24, 2.45) is 5.92 Å². The molecule has 2 aromatic carbocycles. The maximum absolute atomic E-state index is 12.7. The van der Waals surface area contributed by atoms with E-state index in [4.69, 9.17) is 0 Å². The summed E-state index contributed by atoms with van der Waals surface area (Å²) in [6.45, 7) is 4.71. The summed E-state index contributed by atoms with van der Waals surface area (Å²) in [5.41, 5.74) is 1.88. The summed E-state index contributed by atoms with van der Waals surface area (Å²) in [6.07, 6.45) is 0.980.